The molecule has 1 fully saturated rings. The number of halogens is 2. The Labute approximate surface area is 125 Å². The first-order valence-corrected chi connectivity index (χ1v) is 6.66. The van der Waals surface area contributed by atoms with E-state index in [1.54, 1.807) is 0 Å². The third-order valence-corrected chi connectivity index (χ3v) is 3.89. The molecule has 5 heteroatoms. The predicted molar refractivity (Wildman–Crippen MR) is 80.9 cm³/mol. The molecule has 1 amide bonds. The lowest BCUT2D eigenvalue weighted by atomic mass is 9.88. The second-order valence-corrected chi connectivity index (χ2v) is 5.67. The number of hydrogen-bond acceptors (Lipinski definition) is 2. The lowest BCUT2D eigenvalue weighted by molar-refractivity contribution is -0.129. The van der Waals surface area contributed by atoms with Gasteiger partial charge in [-0.05, 0) is 44.5 Å². The molecule has 0 spiro atoms. The summed E-state index contributed by atoms with van der Waals surface area (Å²) in [6.45, 7) is 5.68. The highest BCUT2D eigenvalue weighted by molar-refractivity contribution is 6.30. The van der Waals surface area contributed by atoms with Gasteiger partial charge in [-0.25, -0.2) is 0 Å². The summed E-state index contributed by atoms with van der Waals surface area (Å²) in [6.07, 6.45) is 0.895. The van der Waals surface area contributed by atoms with Crippen LogP contribution in [-0.2, 0) is 4.79 Å². The molecule has 0 saturated carbocycles. The van der Waals surface area contributed by atoms with Crippen molar-refractivity contribution in [3.8, 4) is 0 Å². The van der Waals surface area contributed by atoms with E-state index in [4.69, 9.17) is 11.6 Å². The van der Waals surface area contributed by atoms with Crippen LogP contribution < -0.4 is 10.6 Å². The zero-order valence-corrected chi connectivity index (χ0v) is 12.8. The number of hydrogen-bond donors (Lipinski definition) is 2. The molecule has 2 atom stereocenters. The number of nitrogens with one attached hydrogen (secondary N) is 2. The Morgan fingerprint density at radius 2 is 2.05 bits per heavy atom. The Kier molecular flexibility index (Phi) is 5.65. The number of carbonyl (C=O) groups is 1. The lowest BCUT2D eigenvalue weighted by Crippen LogP contribution is -2.41. The van der Waals surface area contributed by atoms with Crippen molar-refractivity contribution in [3.63, 3.8) is 0 Å². The van der Waals surface area contributed by atoms with Crippen molar-refractivity contribution >= 4 is 29.9 Å². The number of amides is 1. The van der Waals surface area contributed by atoms with Crippen molar-refractivity contribution in [2.45, 2.75) is 26.3 Å². The molecule has 0 aromatic heterocycles. The monoisotopic (exact) mass is 302 g/mol. The van der Waals surface area contributed by atoms with Crippen LogP contribution in [0.3, 0.4) is 0 Å². The molecule has 19 heavy (non-hydrogen) atoms. The second kappa shape index (κ2) is 6.60. The van der Waals surface area contributed by atoms with Crippen molar-refractivity contribution in [1.29, 1.82) is 0 Å². The van der Waals surface area contributed by atoms with Crippen LogP contribution in [0.1, 0.15) is 31.9 Å². The van der Waals surface area contributed by atoms with Crippen LogP contribution >= 0.6 is 24.0 Å². The molecule has 1 aliphatic rings. The van der Waals surface area contributed by atoms with Crippen LogP contribution in [0.4, 0.5) is 0 Å². The maximum Gasteiger partial charge on any atom is 0.227 e. The maximum absolute atomic E-state index is 12.2. The summed E-state index contributed by atoms with van der Waals surface area (Å²) >= 11 is 5.85. The number of carbonyl (C=O) groups excluding carboxylic acids is 1. The van der Waals surface area contributed by atoms with Crippen LogP contribution in [0.15, 0.2) is 24.3 Å². The third-order valence-electron chi connectivity index (χ3n) is 3.63. The number of benzene rings is 1. The zero-order chi connectivity index (χ0) is 13.2. The van der Waals surface area contributed by atoms with E-state index in [2.05, 4.69) is 10.6 Å². The van der Waals surface area contributed by atoms with Crippen molar-refractivity contribution < 1.29 is 4.79 Å². The second-order valence-electron chi connectivity index (χ2n) is 5.23. The molecule has 3 nitrogen and oxygen atoms in total. The molecule has 2 rings (SSSR count). The summed E-state index contributed by atoms with van der Waals surface area (Å²) in [5.41, 5.74) is 0.794. The predicted octanol–water partition coefficient (Wildman–Crippen LogP) is 2.94. The van der Waals surface area contributed by atoms with E-state index in [1.165, 1.54) is 0 Å². The van der Waals surface area contributed by atoms with Gasteiger partial charge in [0.25, 0.3) is 0 Å². The van der Waals surface area contributed by atoms with Crippen LogP contribution in [0, 0.1) is 5.41 Å². The molecular weight excluding hydrogens is 283 g/mol. The molecule has 2 unspecified atom stereocenters. The van der Waals surface area contributed by atoms with Gasteiger partial charge in [-0.1, -0.05) is 23.7 Å². The summed E-state index contributed by atoms with van der Waals surface area (Å²) in [5, 5.41) is 7.02. The van der Waals surface area contributed by atoms with Gasteiger partial charge in [-0.3, -0.25) is 4.79 Å². The Morgan fingerprint density at radius 1 is 1.42 bits per heavy atom. The summed E-state index contributed by atoms with van der Waals surface area (Å²) in [5.74, 6) is 0.120. The lowest BCUT2D eigenvalue weighted by Gasteiger charge is -2.24. The Morgan fingerprint density at radius 3 is 2.58 bits per heavy atom. The highest BCUT2D eigenvalue weighted by Gasteiger charge is 2.36. The quantitative estimate of drug-likeness (QED) is 0.901. The zero-order valence-electron chi connectivity index (χ0n) is 11.2. The van der Waals surface area contributed by atoms with E-state index in [9.17, 15) is 4.79 Å². The van der Waals surface area contributed by atoms with Crippen molar-refractivity contribution in [3.05, 3.63) is 34.9 Å². The Hall–Kier alpha value is -0.770. The Balaban J connectivity index is 0.00000180. The molecule has 1 saturated heterocycles. The van der Waals surface area contributed by atoms with Gasteiger partial charge in [0, 0.05) is 11.6 Å². The largest absolute Gasteiger partial charge is 0.349 e. The van der Waals surface area contributed by atoms with Crippen LogP contribution in [-0.4, -0.2) is 19.0 Å². The molecule has 2 N–H and O–H groups in total. The highest BCUT2D eigenvalue weighted by atomic mass is 35.5. The van der Waals surface area contributed by atoms with Gasteiger partial charge in [-0.2, -0.15) is 0 Å². The van der Waals surface area contributed by atoms with E-state index in [-0.39, 0.29) is 29.8 Å². The molecular formula is C14H20Cl2N2O. The molecule has 0 aliphatic carbocycles. The first-order valence-electron chi connectivity index (χ1n) is 6.28. The standard InChI is InChI=1S/C14H19ClN2O.ClH/c1-10(11-3-5-12(15)6-4-11)17-13(18)14(2)7-8-16-9-14;/h3-6,10,16H,7-9H2,1-2H3,(H,17,18);1H. The fraction of sp³-hybridized carbons (Fsp3) is 0.500. The van der Waals surface area contributed by atoms with Gasteiger partial charge in [0.1, 0.15) is 0 Å². The molecule has 106 valence electrons. The number of rotatable bonds is 3. The maximum atomic E-state index is 12.2. The van der Waals surface area contributed by atoms with E-state index in [1.807, 2.05) is 38.1 Å². The smallest absolute Gasteiger partial charge is 0.227 e. The summed E-state index contributed by atoms with van der Waals surface area (Å²) < 4.78 is 0. The molecule has 1 aromatic rings. The van der Waals surface area contributed by atoms with Gasteiger partial charge in [0.15, 0.2) is 0 Å². The van der Waals surface area contributed by atoms with E-state index in [0.717, 1.165) is 25.1 Å². The van der Waals surface area contributed by atoms with Crippen LogP contribution in [0.5, 0.6) is 0 Å². The minimum Gasteiger partial charge on any atom is -0.349 e. The Bertz CT molecular complexity index is 428. The van der Waals surface area contributed by atoms with Crippen molar-refractivity contribution in [2.75, 3.05) is 13.1 Å². The van der Waals surface area contributed by atoms with Gasteiger partial charge >= 0.3 is 0 Å². The minimum absolute atomic E-state index is 0. The fourth-order valence-electron chi connectivity index (χ4n) is 2.22. The fourth-order valence-corrected chi connectivity index (χ4v) is 2.34. The summed E-state index contributed by atoms with van der Waals surface area (Å²) in [6, 6.07) is 7.59. The molecule has 1 aromatic carbocycles. The molecule has 0 bridgehead atoms. The summed E-state index contributed by atoms with van der Waals surface area (Å²) in [4.78, 5) is 12.2. The first-order chi connectivity index (χ1) is 8.51. The SMILES string of the molecule is CC(NC(=O)C1(C)CCNC1)c1ccc(Cl)cc1.Cl. The van der Waals surface area contributed by atoms with Crippen LogP contribution in [0.25, 0.3) is 0 Å². The highest BCUT2D eigenvalue weighted by Crippen LogP contribution is 2.26. The van der Waals surface area contributed by atoms with Gasteiger partial charge in [0.05, 0.1) is 11.5 Å². The summed E-state index contributed by atoms with van der Waals surface area (Å²) in [7, 11) is 0. The normalized spacial score (nSPS) is 23.5. The third kappa shape index (κ3) is 3.85. The van der Waals surface area contributed by atoms with E-state index < -0.39 is 0 Å². The minimum atomic E-state index is -0.277. The van der Waals surface area contributed by atoms with Gasteiger partial charge < -0.3 is 10.6 Å². The van der Waals surface area contributed by atoms with Gasteiger partial charge in [-0.15, -0.1) is 12.4 Å². The molecule has 1 aliphatic heterocycles. The first kappa shape index (κ1) is 16.3. The topological polar surface area (TPSA) is 41.1 Å². The van der Waals surface area contributed by atoms with E-state index >= 15 is 0 Å². The van der Waals surface area contributed by atoms with Crippen molar-refractivity contribution in [1.82, 2.24) is 10.6 Å². The average Bonchev–Trinajstić information content (AvgIpc) is 2.78. The van der Waals surface area contributed by atoms with Crippen LogP contribution in [0.2, 0.25) is 5.02 Å². The van der Waals surface area contributed by atoms with Crippen molar-refractivity contribution in [2.24, 2.45) is 5.41 Å². The van der Waals surface area contributed by atoms with E-state index in [0.29, 0.717) is 5.02 Å². The molecule has 0 radical (unpaired) electrons. The average molecular weight is 303 g/mol. The molecule has 1 heterocycles. The van der Waals surface area contributed by atoms with Gasteiger partial charge in [0.2, 0.25) is 5.91 Å².